The van der Waals surface area contributed by atoms with Crippen molar-refractivity contribution in [3.63, 3.8) is 0 Å². The monoisotopic (exact) mass is 570 g/mol. The summed E-state index contributed by atoms with van der Waals surface area (Å²) in [7, 11) is 0. The highest BCUT2D eigenvalue weighted by molar-refractivity contribution is 5.99. The zero-order chi connectivity index (χ0) is 29.4. The average Bonchev–Trinajstić information content (AvgIpc) is 3.42. The van der Waals surface area contributed by atoms with E-state index in [1.165, 1.54) is 0 Å². The number of anilines is 2. The number of morpholine rings is 1. The van der Waals surface area contributed by atoms with Crippen LogP contribution in [0.3, 0.4) is 0 Å². The van der Waals surface area contributed by atoms with Gasteiger partial charge in [-0.15, -0.1) is 0 Å². The van der Waals surface area contributed by atoms with Crippen molar-refractivity contribution in [2.45, 2.75) is 32.6 Å². The van der Waals surface area contributed by atoms with E-state index in [1.54, 1.807) is 41.3 Å². The Morgan fingerprint density at radius 1 is 0.952 bits per heavy atom. The predicted molar refractivity (Wildman–Crippen MR) is 163 cm³/mol. The fraction of sp³-hybridized carbons (Fsp3) is 0.344. The molecule has 0 atom stereocenters. The number of hydrogen-bond acceptors (Lipinski definition) is 7. The summed E-state index contributed by atoms with van der Waals surface area (Å²) >= 11 is 0. The number of nitrogens with one attached hydrogen (secondary N) is 2. The third kappa shape index (κ3) is 8.08. The van der Waals surface area contributed by atoms with Gasteiger partial charge in [0.05, 0.1) is 37.4 Å². The van der Waals surface area contributed by atoms with Gasteiger partial charge in [0, 0.05) is 49.1 Å². The Bertz CT molecular complexity index is 1440. The summed E-state index contributed by atoms with van der Waals surface area (Å²) in [5.41, 5.74) is 2.06. The van der Waals surface area contributed by atoms with Crippen LogP contribution < -0.4 is 20.1 Å². The van der Waals surface area contributed by atoms with Crippen molar-refractivity contribution in [1.29, 1.82) is 0 Å². The number of aromatic nitrogens is 3. The van der Waals surface area contributed by atoms with Crippen molar-refractivity contribution in [2.24, 2.45) is 0 Å². The first-order valence-corrected chi connectivity index (χ1v) is 14.2. The zero-order valence-electron chi connectivity index (χ0n) is 24.4. The predicted octanol–water partition coefficient (Wildman–Crippen LogP) is 6.10. The van der Waals surface area contributed by atoms with Gasteiger partial charge in [-0.05, 0) is 55.0 Å². The number of urea groups is 1. The van der Waals surface area contributed by atoms with E-state index < -0.39 is 0 Å². The van der Waals surface area contributed by atoms with E-state index in [0.29, 0.717) is 29.6 Å². The fourth-order valence-corrected chi connectivity index (χ4v) is 4.47. The average molecular weight is 571 g/mol. The van der Waals surface area contributed by atoms with Gasteiger partial charge in [-0.25, -0.2) is 9.48 Å². The summed E-state index contributed by atoms with van der Waals surface area (Å²) in [4.78, 5) is 19.5. The molecule has 1 saturated heterocycles. The molecule has 0 radical (unpaired) electrons. The maximum Gasteiger partial charge on any atom is 0.324 e. The molecule has 10 nitrogen and oxygen atoms in total. The van der Waals surface area contributed by atoms with Gasteiger partial charge in [-0.2, -0.15) is 5.10 Å². The van der Waals surface area contributed by atoms with Crippen LogP contribution in [-0.2, 0) is 10.2 Å². The molecule has 4 aromatic rings. The minimum atomic E-state index is -0.381. The Kier molecular flexibility index (Phi) is 9.35. The van der Waals surface area contributed by atoms with Crippen LogP contribution in [0.5, 0.6) is 17.2 Å². The summed E-state index contributed by atoms with van der Waals surface area (Å²) in [6.45, 7) is 11.4. The summed E-state index contributed by atoms with van der Waals surface area (Å²) in [5, 5.41) is 10.7. The van der Waals surface area contributed by atoms with E-state index in [4.69, 9.17) is 19.3 Å². The molecular weight excluding hydrogens is 532 g/mol. The molecule has 1 aliphatic rings. The summed E-state index contributed by atoms with van der Waals surface area (Å²) < 4.78 is 19.0. The van der Waals surface area contributed by atoms with Gasteiger partial charge in [-0.1, -0.05) is 26.8 Å². The van der Waals surface area contributed by atoms with E-state index >= 15 is 0 Å². The van der Waals surface area contributed by atoms with Crippen molar-refractivity contribution < 1.29 is 19.0 Å². The third-order valence-electron chi connectivity index (χ3n) is 6.75. The van der Waals surface area contributed by atoms with Gasteiger partial charge < -0.3 is 19.5 Å². The molecule has 1 fully saturated rings. The number of hydrogen-bond donors (Lipinski definition) is 2. The molecule has 0 saturated carbocycles. The lowest BCUT2D eigenvalue weighted by Crippen LogP contribution is -2.37. The zero-order valence-corrected chi connectivity index (χ0v) is 24.4. The number of carbonyl (C=O) groups is 1. The Labute approximate surface area is 246 Å². The van der Waals surface area contributed by atoms with Gasteiger partial charge >= 0.3 is 6.03 Å². The number of rotatable bonds is 10. The molecule has 1 aliphatic heterocycles. The van der Waals surface area contributed by atoms with Crippen molar-refractivity contribution in [3.8, 4) is 22.9 Å². The van der Waals surface area contributed by atoms with E-state index in [0.717, 1.165) is 56.4 Å². The molecular formula is C32H38N6O4. The molecule has 220 valence electrons. The number of ether oxygens (including phenoxy) is 3. The van der Waals surface area contributed by atoms with Crippen molar-refractivity contribution in [3.05, 3.63) is 84.8 Å². The second-order valence-electron chi connectivity index (χ2n) is 11.1. The normalized spacial score (nSPS) is 13.9. The van der Waals surface area contributed by atoms with Crippen molar-refractivity contribution in [2.75, 3.05) is 50.1 Å². The first-order valence-electron chi connectivity index (χ1n) is 14.2. The topological polar surface area (TPSA) is 103 Å². The van der Waals surface area contributed by atoms with Gasteiger partial charge in [0.15, 0.2) is 0 Å². The molecule has 2 N–H and O–H groups in total. The molecule has 10 heteroatoms. The SMILES string of the molecule is CC(C)(C)c1cc(NC(=O)Nc2ccc(Oc3cccnc3)cc2)n(-c2cccc(OCCCN3CCOCC3)c2)n1. The summed E-state index contributed by atoms with van der Waals surface area (Å²) in [6, 6.07) is 20.1. The lowest BCUT2D eigenvalue weighted by atomic mass is 9.92. The van der Waals surface area contributed by atoms with E-state index in [-0.39, 0.29) is 11.4 Å². The molecule has 3 heterocycles. The maximum atomic E-state index is 13.0. The van der Waals surface area contributed by atoms with Crippen LogP contribution in [0.15, 0.2) is 79.1 Å². The van der Waals surface area contributed by atoms with Crippen LogP contribution in [0.2, 0.25) is 0 Å². The number of pyridine rings is 1. The number of nitrogens with zero attached hydrogens (tertiary/aromatic N) is 4. The summed E-state index contributed by atoms with van der Waals surface area (Å²) in [5.74, 6) is 2.59. The largest absolute Gasteiger partial charge is 0.493 e. The Morgan fingerprint density at radius 2 is 1.74 bits per heavy atom. The van der Waals surface area contributed by atoms with Crippen LogP contribution in [0.25, 0.3) is 5.69 Å². The molecule has 2 amide bonds. The molecule has 0 unspecified atom stereocenters. The standard InChI is InChI=1S/C32H38N6O4/c1-32(2,3)29-22-30(35-31(39)34-24-10-12-26(13-11-24)42-28-9-5-14-33-23-28)38(36-29)25-7-4-8-27(21-25)41-18-6-15-37-16-19-40-20-17-37/h4-5,7-14,21-23H,6,15-20H2,1-3H3,(H2,34,35,39). The fourth-order valence-electron chi connectivity index (χ4n) is 4.47. The highest BCUT2D eigenvalue weighted by atomic mass is 16.5. The highest BCUT2D eigenvalue weighted by Crippen LogP contribution is 2.28. The highest BCUT2D eigenvalue weighted by Gasteiger charge is 2.22. The van der Waals surface area contributed by atoms with Gasteiger partial charge in [0.2, 0.25) is 0 Å². The second kappa shape index (κ2) is 13.5. The number of benzene rings is 2. The van der Waals surface area contributed by atoms with E-state index in [2.05, 4.69) is 41.3 Å². The molecule has 42 heavy (non-hydrogen) atoms. The lowest BCUT2D eigenvalue weighted by molar-refractivity contribution is 0.0358. The van der Waals surface area contributed by atoms with Gasteiger partial charge in [0.1, 0.15) is 23.1 Å². The molecule has 0 bridgehead atoms. The minimum Gasteiger partial charge on any atom is -0.493 e. The maximum absolute atomic E-state index is 13.0. The molecule has 5 rings (SSSR count). The quantitative estimate of drug-likeness (QED) is 0.222. The van der Waals surface area contributed by atoms with Crippen LogP contribution in [0.4, 0.5) is 16.3 Å². The second-order valence-corrected chi connectivity index (χ2v) is 11.1. The minimum absolute atomic E-state index is 0.212. The Balaban J connectivity index is 1.23. The molecule has 0 aliphatic carbocycles. The molecule has 2 aromatic carbocycles. The van der Waals surface area contributed by atoms with Gasteiger partial charge in [-0.3, -0.25) is 15.2 Å². The van der Waals surface area contributed by atoms with E-state index in [9.17, 15) is 4.79 Å². The Hall–Kier alpha value is -4.41. The smallest absolute Gasteiger partial charge is 0.324 e. The van der Waals surface area contributed by atoms with Crippen LogP contribution in [0.1, 0.15) is 32.9 Å². The van der Waals surface area contributed by atoms with Crippen LogP contribution in [-0.4, -0.2) is 65.2 Å². The first-order chi connectivity index (χ1) is 20.3. The first kappa shape index (κ1) is 29.1. The molecule has 2 aromatic heterocycles. The number of carbonyl (C=O) groups excluding carboxylic acids is 1. The lowest BCUT2D eigenvalue weighted by Gasteiger charge is -2.26. The summed E-state index contributed by atoms with van der Waals surface area (Å²) in [6.07, 6.45) is 4.26. The Morgan fingerprint density at radius 3 is 2.48 bits per heavy atom. The van der Waals surface area contributed by atoms with Gasteiger partial charge in [0.25, 0.3) is 0 Å². The van der Waals surface area contributed by atoms with Crippen LogP contribution in [0, 0.1) is 0 Å². The number of amides is 2. The van der Waals surface area contributed by atoms with Crippen molar-refractivity contribution >= 4 is 17.5 Å². The third-order valence-corrected chi connectivity index (χ3v) is 6.75. The molecule has 0 spiro atoms. The van der Waals surface area contributed by atoms with Crippen LogP contribution >= 0.6 is 0 Å². The van der Waals surface area contributed by atoms with E-state index in [1.807, 2.05) is 42.5 Å². The van der Waals surface area contributed by atoms with Crippen molar-refractivity contribution in [1.82, 2.24) is 19.7 Å².